The van der Waals surface area contributed by atoms with Gasteiger partial charge in [0.1, 0.15) is 0 Å². The van der Waals surface area contributed by atoms with Crippen LogP contribution in [0.5, 0.6) is 0 Å². The number of hydrogen-bond donors (Lipinski definition) is 2. The molecule has 2 N–H and O–H groups in total. The molecule has 12 heteroatoms. The Hall–Kier alpha value is -1.95. The first-order valence-corrected chi connectivity index (χ1v) is 12.9. The van der Waals surface area contributed by atoms with Gasteiger partial charge in [-0.1, -0.05) is 29.3 Å². The van der Waals surface area contributed by atoms with E-state index in [1.807, 2.05) is 18.5 Å². The summed E-state index contributed by atoms with van der Waals surface area (Å²) in [5.74, 6) is -1.01. The van der Waals surface area contributed by atoms with Crippen LogP contribution in [0.25, 0.3) is 0 Å². The first-order chi connectivity index (χ1) is 15.2. The Morgan fingerprint density at radius 1 is 1.18 bits per heavy atom. The van der Waals surface area contributed by atoms with Crippen LogP contribution in [0.2, 0.25) is 5.02 Å². The highest BCUT2D eigenvalue weighted by Gasteiger charge is 2.55. The molecule has 2 aromatic carbocycles. The molecule has 0 aliphatic carbocycles. The van der Waals surface area contributed by atoms with Crippen LogP contribution in [0.1, 0.15) is 18.9 Å². The van der Waals surface area contributed by atoms with Gasteiger partial charge in [-0.25, -0.2) is 8.42 Å². The molecule has 0 fully saturated rings. The predicted molar refractivity (Wildman–Crippen MR) is 125 cm³/mol. The molecule has 1 amide bonds. The summed E-state index contributed by atoms with van der Waals surface area (Å²) >= 11 is 7.71. The minimum atomic E-state index is -5.19. The van der Waals surface area contributed by atoms with Crippen molar-refractivity contribution >= 4 is 50.7 Å². The first-order valence-electron chi connectivity index (χ1n) is 9.70. The summed E-state index contributed by atoms with van der Waals surface area (Å²) in [6, 6.07) is 10.1. The van der Waals surface area contributed by atoms with Crippen LogP contribution >= 0.6 is 23.4 Å². The zero-order valence-corrected chi connectivity index (χ0v) is 20.5. The lowest BCUT2D eigenvalue weighted by molar-refractivity contribution is -0.242. The van der Waals surface area contributed by atoms with E-state index in [1.54, 1.807) is 23.9 Å². The molecule has 0 bridgehead atoms. The van der Waals surface area contributed by atoms with Gasteiger partial charge in [0.2, 0.25) is 5.60 Å². The molecule has 0 radical (unpaired) electrons. The molecule has 1 atom stereocenters. The van der Waals surface area contributed by atoms with E-state index < -0.39 is 27.7 Å². The fourth-order valence-electron chi connectivity index (χ4n) is 2.71. The number of carbonyl (C=O) groups excluding carboxylic acids is 1. The van der Waals surface area contributed by atoms with Crippen LogP contribution in [-0.2, 0) is 14.8 Å². The van der Waals surface area contributed by atoms with Crippen molar-refractivity contribution in [1.82, 2.24) is 0 Å². The molecule has 33 heavy (non-hydrogen) atoms. The lowest BCUT2D eigenvalue weighted by atomic mass is 10.1. The second-order valence-corrected chi connectivity index (χ2v) is 10.7. The van der Waals surface area contributed by atoms with Gasteiger partial charge < -0.3 is 10.4 Å². The highest BCUT2D eigenvalue weighted by atomic mass is 35.5. The maximum absolute atomic E-state index is 13.3. The van der Waals surface area contributed by atoms with Gasteiger partial charge in [0.25, 0.3) is 15.9 Å². The third kappa shape index (κ3) is 6.34. The smallest absolute Gasteiger partial charge is 0.373 e. The fraction of sp³-hybridized carbons (Fsp3) is 0.381. The summed E-state index contributed by atoms with van der Waals surface area (Å²) in [5, 5.41) is 11.3. The molecule has 0 aliphatic heterocycles. The van der Waals surface area contributed by atoms with Crippen LogP contribution < -0.4 is 9.62 Å². The molecule has 0 saturated carbocycles. The number of halogens is 4. The van der Waals surface area contributed by atoms with Crippen LogP contribution in [-0.4, -0.2) is 49.8 Å². The van der Waals surface area contributed by atoms with E-state index in [9.17, 15) is 31.5 Å². The standard InChI is InChI=1S/C21H24ClF3N2O4S2/c1-14-5-8-16(9-6-14)33(30,31)27(11-4-12-32-3)15-7-10-18(17(22)13-15)26-19(28)20(2,29)21(23,24)25/h5-10,13,29H,4,11-12H2,1-3H3,(H,26,28)/t20-/m1/s1. The van der Waals surface area contributed by atoms with E-state index in [4.69, 9.17) is 11.6 Å². The fourth-order valence-corrected chi connectivity index (χ4v) is 4.85. The van der Waals surface area contributed by atoms with Crippen LogP contribution in [0.15, 0.2) is 47.4 Å². The third-order valence-electron chi connectivity index (χ3n) is 4.80. The summed E-state index contributed by atoms with van der Waals surface area (Å²) in [6.45, 7) is 2.30. The van der Waals surface area contributed by atoms with E-state index in [0.29, 0.717) is 19.1 Å². The second kappa shape index (κ2) is 10.5. The SMILES string of the molecule is CSCCCN(c1ccc(NC(=O)[C@@](C)(O)C(F)(F)F)c(Cl)c1)S(=O)(=O)c1ccc(C)cc1. The van der Waals surface area contributed by atoms with Gasteiger partial charge in [-0.05, 0) is 62.6 Å². The lowest BCUT2D eigenvalue weighted by Gasteiger charge is -2.26. The zero-order valence-electron chi connectivity index (χ0n) is 18.1. The van der Waals surface area contributed by atoms with Crippen molar-refractivity contribution in [2.75, 3.05) is 28.2 Å². The number of anilines is 2. The van der Waals surface area contributed by atoms with Crippen LogP contribution in [0.3, 0.4) is 0 Å². The Balaban J connectivity index is 2.40. The Kier molecular flexibility index (Phi) is 8.72. The average Bonchev–Trinajstić information content (AvgIpc) is 2.72. The van der Waals surface area contributed by atoms with Crippen molar-refractivity contribution < 1.29 is 31.5 Å². The number of thioether (sulfide) groups is 1. The summed E-state index contributed by atoms with van der Waals surface area (Å²) in [4.78, 5) is 12.0. The monoisotopic (exact) mass is 524 g/mol. The van der Waals surface area contributed by atoms with Gasteiger partial charge in [0, 0.05) is 6.54 Å². The van der Waals surface area contributed by atoms with E-state index in [0.717, 1.165) is 9.87 Å². The molecule has 0 saturated heterocycles. The third-order valence-corrected chi connectivity index (χ3v) is 7.65. The van der Waals surface area contributed by atoms with E-state index in [2.05, 4.69) is 0 Å². The van der Waals surface area contributed by atoms with Crippen LogP contribution in [0, 0.1) is 6.92 Å². The number of aryl methyl sites for hydroxylation is 1. The molecule has 2 aromatic rings. The van der Waals surface area contributed by atoms with E-state index in [1.165, 1.54) is 30.3 Å². The highest BCUT2D eigenvalue weighted by molar-refractivity contribution is 7.98. The van der Waals surface area contributed by atoms with E-state index >= 15 is 0 Å². The number of nitrogens with one attached hydrogen (secondary N) is 1. The Morgan fingerprint density at radius 3 is 2.30 bits per heavy atom. The van der Waals surface area contributed by atoms with Crippen molar-refractivity contribution in [1.29, 1.82) is 0 Å². The van der Waals surface area contributed by atoms with Gasteiger partial charge in [-0.3, -0.25) is 9.10 Å². The van der Waals surface area contributed by atoms with Crippen molar-refractivity contribution in [2.45, 2.75) is 36.9 Å². The van der Waals surface area contributed by atoms with Crippen molar-refractivity contribution in [3.8, 4) is 0 Å². The van der Waals surface area contributed by atoms with Crippen molar-refractivity contribution in [2.24, 2.45) is 0 Å². The number of amides is 1. The van der Waals surface area contributed by atoms with Crippen molar-refractivity contribution in [3.05, 3.63) is 53.1 Å². The number of alkyl halides is 3. The largest absolute Gasteiger partial charge is 0.426 e. The van der Waals surface area contributed by atoms with Gasteiger partial charge >= 0.3 is 6.18 Å². The summed E-state index contributed by atoms with van der Waals surface area (Å²) in [6.07, 6.45) is -2.76. The number of hydrogen-bond acceptors (Lipinski definition) is 5. The van der Waals surface area contributed by atoms with Crippen LogP contribution in [0.4, 0.5) is 24.5 Å². The quantitative estimate of drug-likeness (QED) is 0.458. The number of rotatable bonds is 9. The number of benzene rings is 2. The van der Waals surface area contributed by atoms with E-state index in [-0.39, 0.29) is 27.8 Å². The van der Waals surface area contributed by atoms with Gasteiger partial charge in [0.15, 0.2) is 0 Å². The molecule has 0 unspecified atom stereocenters. The summed E-state index contributed by atoms with van der Waals surface area (Å²) < 4.78 is 66.5. The maximum Gasteiger partial charge on any atom is 0.426 e. The number of aliphatic hydroxyl groups is 1. The highest BCUT2D eigenvalue weighted by Crippen LogP contribution is 2.34. The molecule has 0 heterocycles. The average molecular weight is 525 g/mol. The predicted octanol–water partition coefficient (Wildman–Crippen LogP) is 4.85. The summed E-state index contributed by atoms with van der Waals surface area (Å²) in [7, 11) is -3.96. The molecular weight excluding hydrogens is 501 g/mol. The molecular formula is C21H24ClF3N2O4S2. The number of nitrogens with zero attached hydrogens (tertiary/aromatic N) is 1. The van der Waals surface area contributed by atoms with Gasteiger partial charge in [-0.15, -0.1) is 0 Å². The Bertz CT molecular complexity index is 1090. The number of sulfonamides is 1. The normalized spacial score (nSPS) is 13.9. The Labute approximate surface area is 200 Å². The van der Waals surface area contributed by atoms with Gasteiger partial charge in [-0.2, -0.15) is 24.9 Å². The summed E-state index contributed by atoms with van der Waals surface area (Å²) in [5.41, 5.74) is -2.76. The minimum absolute atomic E-state index is 0.0759. The first kappa shape index (κ1) is 27.3. The van der Waals surface area contributed by atoms with Crippen molar-refractivity contribution in [3.63, 3.8) is 0 Å². The minimum Gasteiger partial charge on any atom is -0.373 e. The lowest BCUT2D eigenvalue weighted by Crippen LogP contribution is -2.52. The zero-order chi connectivity index (χ0) is 25.0. The molecule has 0 aliphatic rings. The maximum atomic E-state index is 13.3. The molecule has 2 rings (SSSR count). The molecule has 0 aromatic heterocycles. The number of carbonyl (C=O) groups is 1. The topological polar surface area (TPSA) is 86.7 Å². The second-order valence-electron chi connectivity index (χ2n) is 7.42. The molecule has 6 nitrogen and oxygen atoms in total. The van der Waals surface area contributed by atoms with Gasteiger partial charge in [0.05, 0.1) is 21.3 Å². The Morgan fingerprint density at radius 2 is 1.79 bits per heavy atom. The molecule has 0 spiro atoms. The molecule has 182 valence electrons.